The highest BCUT2D eigenvalue weighted by molar-refractivity contribution is 7.88. The van der Waals surface area contributed by atoms with Crippen LogP contribution in [0.1, 0.15) is 32.6 Å². The summed E-state index contributed by atoms with van der Waals surface area (Å²) < 4.78 is 29.9. The molecule has 1 saturated heterocycles. The Morgan fingerprint density at radius 2 is 2.20 bits per heavy atom. The van der Waals surface area contributed by atoms with Crippen LogP contribution < -0.4 is 5.32 Å². The summed E-state index contributed by atoms with van der Waals surface area (Å²) in [7, 11) is -1.32. The van der Waals surface area contributed by atoms with Crippen LogP contribution in [-0.2, 0) is 14.8 Å². The Morgan fingerprint density at radius 3 is 2.80 bits per heavy atom. The first-order chi connectivity index (χ1) is 9.47. The van der Waals surface area contributed by atoms with Crippen molar-refractivity contribution in [2.75, 3.05) is 46.2 Å². The third kappa shape index (κ3) is 6.52. The summed E-state index contributed by atoms with van der Waals surface area (Å²) in [6.07, 6.45) is 5.71. The van der Waals surface area contributed by atoms with Crippen LogP contribution in [0.3, 0.4) is 0 Å². The van der Waals surface area contributed by atoms with Gasteiger partial charge in [-0.1, -0.05) is 13.3 Å². The molecule has 1 heterocycles. The van der Waals surface area contributed by atoms with E-state index in [-0.39, 0.29) is 0 Å². The van der Waals surface area contributed by atoms with E-state index in [0.717, 1.165) is 45.4 Å². The van der Waals surface area contributed by atoms with Crippen molar-refractivity contribution in [2.24, 2.45) is 11.8 Å². The molecule has 1 fully saturated rings. The van der Waals surface area contributed by atoms with Gasteiger partial charge in [0.1, 0.15) is 0 Å². The number of piperidine rings is 1. The van der Waals surface area contributed by atoms with Crippen LogP contribution in [0.25, 0.3) is 0 Å². The third-order valence-electron chi connectivity index (χ3n) is 4.11. The van der Waals surface area contributed by atoms with E-state index in [1.54, 1.807) is 11.4 Å². The summed E-state index contributed by atoms with van der Waals surface area (Å²) in [5, 5.41) is 3.41. The fourth-order valence-electron chi connectivity index (χ4n) is 2.87. The standard InChI is InChI=1S/C14H30N2O3S/c1-4-13(11-15-7-9-19-2)10-14-6-5-8-16(12-14)20(3,17)18/h13-15H,4-12H2,1-3H3. The average molecular weight is 306 g/mol. The molecule has 0 radical (unpaired) electrons. The van der Waals surface area contributed by atoms with Gasteiger partial charge in [0.25, 0.3) is 0 Å². The van der Waals surface area contributed by atoms with Gasteiger partial charge in [0, 0.05) is 26.7 Å². The molecule has 1 aliphatic rings. The zero-order valence-electron chi connectivity index (χ0n) is 13.1. The number of sulfonamides is 1. The molecule has 1 rings (SSSR count). The second kappa shape index (κ2) is 8.97. The lowest BCUT2D eigenvalue weighted by Gasteiger charge is -2.33. The van der Waals surface area contributed by atoms with Gasteiger partial charge in [0.15, 0.2) is 0 Å². The molecule has 20 heavy (non-hydrogen) atoms. The number of ether oxygens (including phenoxy) is 1. The smallest absolute Gasteiger partial charge is 0.211 e. The van der Waals surface area contributed by atoms with Gasteiger partial charge in [-0.3, -0.25) is 0 Å². The van der Waals surface area contributed by atoms with Crippen molar-refractivity contribution in [3.8, 4) is 0 Å². The molecule has 1 N–H and O–H groups in total. The summed E-state index contributed by atoms with van der Waals surface area (Å²) in [5.74, 6) is 1.13. The van der Waals surface area contributed by atoms with Gasteiger partial charge in [-0.05, 0) is 37.6 Å². The Morgan fingerprint density at radius 1 is 1.45 bits per heavy atom. The second-order valence-corrected chi connectivity index (χ2v) is 7.82. The molecule has 0 aliphatic carbocycles. The van der Waals surface area contributed by atoms with E-state index >= 15 is 0 Å². The summed E-state index contributed by atoms with van der Waals surface area (Å²) >= 11 is 0. The Kier molecular flexibility index (Phi) is 8.02. The second-order valence-electron chi connectivity index (χ2n) is 5.84. The molecule has 0 saturated carbocycles. The first kappa shape index (κ1) is 17.9. The number of hydrogen-bond donors (Lipinski definition) is 1. The normalized spacial score (nSPS) is 22.9. The average Bonchev–Trinajstić information content (AvgIpc) is 2.41. The summed E-state index contributed by atoms with van der Waals surface area (Å²) in [5.41, 5.74) is 0. The molecular weight excluding hydrogens is 276 g/mol. The fraction of sp³-hybridized carbons (Fsp3) is 1.00. The first-order valence-electron chi connectivity index (χ1n) is 7.62. The highest BCUT2D eigenvalue weighted by atomic mass is 32.2. The SMILES string of the molecule is CCC(CNCCOC)CC1CCCN(S(C)(=O)=O)C1. The molecule has 2 atom stereocenters. The van der Waals surface area contributed by atoms with Gasteiger partial charge in [0.2, 0.25) is 10.0 Å². The topological polar surface area (TPSA) is 58.6 Å². The van der Waals surface area contributed by atoms with Gasteiger partial charge < -0.3 is 10.1 Å². The molecule has 0 aromatic carbocycles. The maximum atomic E-state index is 11.6. The van der Waals surface area contributed by atoms with E-state index in [1.807, 2.05) is 0 Å². The molecule has 6 heteroatoms. The van der Waals surface area contributed by atoms with E-state index in [2.05, 4.69) is 12.2 Å². The molecular formula is C14H30N2O3S. The zero-order valence-corrected chi connectivity index (χ0v) is 13.9. The fourth-order valence-corrected chi connectivity index (χ4v) is 3.81. The van der Waals surface area contributed by atoms with Crippen molar-refractivity contribution in [1.82, 2.24) is 9.62 Å². The minimum atomic E-state index is -3.02. The molecule has 0 aromatic rings. The first-order valence-corrected chi connectivity index (χ1v) is 9.47. The number of rotatable bonds is 9. The Labute approximate surface area is 124 Å². The lowest BCUT2D eigenvalue weighted by Crippen LogP contribution is -2.40. The quantitative estimate of drug-likeness (QED) is 0.653. The molecule has 0 spiro atoms. The number of nitrogens with zero attached hydrogens (tertiary/aromatic N) is 1. The monoisotopic (exact) mass is 306 g/mol. The maximum absolute atomic E-state index is 11.6. The molecule has 0 amide bonds. The molecule has 0 bridgehead atoms. The van der Waals surface area contributed by atoms with E-state index in [0.29, 0.717) is 24.9 Å². The Hall–Kier alpha value is -0.170. The van der Waals surface area contributed by atoms with Crippen molar-refractivity contribution in [2.45, 2.75) is 32.6 Å². The summed E-state index contributed by atoms with van der Waals surface area (Å²) in [4.78, 5) is 0. The van der Waals surface area contributed by atoms with Gasteiger partial charge in [-0.25, -0.2) is 12.7 Å². The van der Waals surface area contributed by atoms with Gasteiger partial charge >= 0.3 is 0 Å². The molecule has 2 unspecified atom stereocenters. The van der Waals surface area contributed by atoms with Gasteiger partial charge in [-0.2, -0.15) is 0 Å². The summed E-state index contributed by atoms with van der Waals surface area (Å²) in [6.45, 7) is 6.22. The number of hydrogen-bond acceptors (Lipinski definition) is 4. The molecule has 5 nitrogen and oxygen atoms in total. The van der Waals surface area contributed by atoms with Crippen molar-refractivity contribution < 1.29 is 13.2 Å². The van der Waals surface area contributed by atoms with E-state index in [4.69, 9.17) is 4.74 Å². The van der Waals surface area contributed by atoms with Crippen LogP contribution in [0.4, 0.5) is 0 Å². The van der Waals surface area contributed by atoms with E-state index in [1.165, 1.54) is 6.26 Å². The van der Waals surface area contributed by atoms with E-state index < -0.39 is 10.0 Å². The lowest BCUT2D eigenvalue weighted by atomic mass is 9.87. The van der Waals surface area contributed by atoms with Crippen molar-refractivity contribution in [3.63, 3.8) is 0 Å². The predicted molar refractivity (Wildman–Crippen MR) is 82.3 cm³/mol. The predicted octanol–water partition coefficient (Wildman–Crippen LogP) is 1.31. The molecule has 120 valence electrons. The van der Waals surface area contributed by atoms with Crippen LogP contribution in [0.5, 0.6) is 0 Å². The van der Waals surface area contributed by atoms with Crippen LogP contribution in [0.2, 0.25) is 0 Å². The van der Waals surface area contributed by atoms with Crippen LogP contribution >= 0.6 is 0 Å². The minimum absolute atomic E-state index is 0.507. The van der Waals surface area contributed by atoms with Gasteiger partial charge in [-0.15, -0.1) is 0 Å². The van der Waals surface area contributed by atoms with Crippen LogP contribution in [0, 0.1) is 11.8 Å². The molecule has 0 aromatic heterocycles. The third-order valence-corrected chi connectivity index (χ3v) is 5.38. The zero-order chi connectivity index (χ0) is 15.0. The Balaban J connectivity index is 2.36. The largest absolute Gasteiger partial charge is 0.383 e. The van der Waals surface area contributed by atoms with Crippen LogP contribution in [-0.4, -0.2) is 58.9 Å². The van der Waals surface area contributed by atoms with Crippen molar-refractivity contribution in [3.05, 3.63) is 0 Å². The van der Waals surface area contributed by atoms with Crippen LogP contribution in [0.15, 0.2) is 0 Å². The number of methoxy groups -OCH3 is 1. The summed E-state index contributed by atoms with van der Waals surface area (Å²) in [6, 6.07) is 0. The lowest BCUT2D eigenvalue weighted by molar-refractivity contribution is 0.193. The molecule has 1 aliphatic heterocycles. The minimum Gasteiger partial charge on any atom is -0.383 e. The van der Waals surface area contributed by atoms with Crippen molar-refractivity contribution >= 4 is 10.0 Å². The van der Waals surface area contributed by atoms with Gasteiger partial charge in [0.05, 0.1) is 12.9 Å². The Bertz CT molecular complexity index is 359. The highest BCUT2D eigenvalue weighted by Gasteiger charge is 2.27. The maximum Gasteiger partial charge on any atom is 0.211 e. The van der Waals surface area contributed by atoms with E-state index in [9.17, 15) is 8.42 Å². The number of nitrogens with one attached hydrogen (secondary N) is 1. The van der Waals surface area contributed by atoms with Crippen molar-refractivity contribution in [1.29, 1.82) is 0 Å². The highest BCUT2D eigenvalue weighted by Crippen LogP contribution is 2.25.